The van der Waals surface area contributed by atoms with E-state index in [4.69, 9.17) is 9.79 Å². The second kappa shape index (κ2) is 12.6. The standard InChI is InChI=1S/C32H35N6O7P/c1-34-16-15-24-9-6-10-25(30(24)34)19-36-20-28-37(27(31(36)40)17-22-11-13-26(14-12-22)45-46(42,43)44)29(39)21-35(2)38(28)32(41)33-18-23-7-4-3-5-8-23/h3-16,27-28H,17-21H2,1-2H3,(H,33,41)(H2,42,43,44)/t27-,28-/m0/s1. The van der Waals surface area contributed by atoms with Crippen LogP contribution in [-0.4, -0.2) is 84.4 Å². The van der Waals surface area contributed by atoms with Gasteiger partial charge in [0, 0.05) is 39.8 Å². The molecule has 2 fully saturated rings. The third-order valence-electron chi connectivity index (χ3n) is 8.35. The summed E-state index contributed by atoms with van der Waals surface area (Å²) in [5, 5.41) is 7.10. The number of likely N-dealkylation sites (N-methyl/N-ethyl adjacent to an activating group) is 1. The maximum absolute atomic E-state index is 14.3. The normalized spacial score (nSPS) is 19.0. The van der Waals surface area contributed by atoms with Gasteiger partial charge in [-0.15, -0.1) is 0 Å². The van der Waals surface area contributed by atoms with Gasteiger partial charge in [-0.1, -0.05) is 60.7 Å². The van der Waals surface area contributed by atoms with E-state index in [2.05, 4.69) is 9.84 Å². The van der Waals surface area contributed by atoms with Crippen molar-refractivity contribution in [2.24, 2.45) is 7.05 Å². The molecule has 0 spiro atoms. The highest BCUT2D eigenvalue weighted by atomic mass is 31.2. The molecule has 2 aliphatic heterocycles. The summed E-state index contributed by atoms with van der Waals surface area (Å²) in [4.78, 5) is 63.2. The van der Waals surface area contributed by atoms with E-state index in [1.54, 1.807) is 29.1 Å². The van der Waals surface area contributed by atoms with Crippen molar-refractivity contribution in [2.45, 2.75) is 31.7 Å². The molecule has 6 rings (SSSR count). The Morgan fingerprint density at radius 3 is 2.41 bits per heavy atom. The van der Waals surface area contributed by atoms with Gasteiger partial charge in [-0.3, -0.25) is 19.4 Å². The summed E-state index contributed by atoms with van der Waals surface area (Å²) in [5.74, 6) is -0.580. The van der Waals surface area contributed by atoms with Crippen molar-refractivity contribution in [3.63, 3.8) is 0 Å². The highest BCUT2D eigenvalue weighted by molar-refractivity contribution is 7.46. The molecular weight excluding hydrogens is 611 g/mol. The second-order valence-electron chi connectivity index (χ2n) is 11.5. The summed E-state index contributed by atoms with van der Waals surface area (Å²) in [7, 11) is -1.12. The van der Waals surface area contributed by atoms with Crippen LogP contribution in [0.5, 0.6) is 5.75 Å². The first kappa shape index (κ1) is 31.3. The Morgan fingerprint density at radius 2 is 1.70 bits per heavy atom. The quantitative estimate of drug-likeness (QED) is 0.248. The fourth-order valence-corrected chi connectivity index (χ4v) is 6.72. The summed E-state index contributed by atoms with van der Waals surface area (Å²) >= 11 is 0. The average molecular weight is 647 g/mol. The molecule has 3 aromatic carbocycles. The van der Waals surface area contributed by atoms with Gasteiger partial charge < -0.3 is 24.2 Å². The lowest BCUT2D eigenvalue weighted by Crippen LogP contribution is -2.76. The molecule has 0 aliphatic carbocycles. The minimum Gasteiger partial charge on any atom is -0.404 e. The smallest absolute Gasteiger partial charge is 0.404 e. The Hall–Kier alpha value is -4.68. The molecule has 3 heterocycles. The third kappa shape index (κ3) is 6.49. The lowest BCUT2D eigenvalue weighted by molar-refractivity contribution is -0.187. The van der Waals surface area contributed by atoms with Gasteiger partial charge in [0.1, 0.15) is 18.0 Å². The van der Waals surface area contributed by atoms with Gasteiger partial charge >= 0.3 is 13.9 Å². The number of benzene rings is 3. The van der Waals surface area contributed by atoms with Crippen molar-refractivity contribution in [3.05, 3.63) is 102 Å². The molecular formula is C32H35N6O7P. The van der Waals surface area contributed by atoms with Gasteiger partial charge in [0.05, 0.1) is 18.6 Å². The largest absolute Gasteiger partial charge is 0.524 e. The van der Waals surface area contributed by atoms with Crippen LogP contribution in [0.4, 0.5) is 4.79 Å². The first-order valence-electron chi connectivity index (χ1n) is 14.8. The molecule has 1 aromatic heterocycles. The Labute approximate surface area is 265 Å². The van der Waals surface area contributed by atoms with Gasteiger partial charge in [0.25, 0.3) is 0 Å². The summed E-state index contributed by atoms with van der Waals surface area (Å²) in [5.41, 5.74) is 3.49. The number of piperazine rings is 1. The summed E-state index contributed by atoms with van der Waals surface area (Å²) < 4.78 is 18.0. The molecule has 0 unspecified atom stereocenters. The monoisotopic (exact) mass is 646 g/mol. The number of nitrogens with one attached hydrogen (secondary N) is 1. The first-order valence-corrected chi connectivity index (χ1v) is 16.3. The van der Waals surface area contributed by atoms with Crippen LogP contribution < -0.4 is 9.84 Å². The molecule has 240 valence electrons. The molecule has 2 aliphatic rings. The zero-order valence-electron chi connectivity index (χ0n) is 25.4. The zero-order valence-corrected chi connectivity index (χ0v) is 26.3. The number of hydrogen-bond acceptors (Lipinski definition) is 6. The number of carbonyl (C=O) groups is 3. The Bertz CT molecular complexity index is 1810. The van der Waals surface area contributed by atoms with E-state index in [9.17, 15) is 18.9 Å². The van der Waals surface area contributed by atoms with E-state index in [-0.39, 0.29) is 50.2 Å². The fourth-order valence-electron chi connectivity index (χ4n) is 6.32. The average Bonchev–Trinajstić information content (AvgIpc) is 3.40. The molecule has 0 radical (unpaired) electrons. The molecule has 4 amide bonds. The number of para-hydroxylation sites is 1. The predicted octanol–water partition coefficient (Wildman–Crippen LogP) is 2.83. The number of fused-ring (bicyclic) bond motifs is 2. The SMILES string of the molecule is CN1CC(=O)N2[C@@H](Cc3ccc(OP(=O)(O)O)cc3)C(=O)N(Cc3cccc4ccn(C)c34)C[C@@H]2N1C(=O)NCc1ccccc1. The minimum absolute atomic E-state index is 0.0286. The Balaban J connectivity index is 1.33. The number of nitrogens with zero attached hydrogens (tertiary/aromatic N) is 5. The number of aryl methyl sites for hydroxylation is 1. The van der Waals surface area contributed by atoms with Crippen molar-refractivity contribution in [2.75, 3.05) is 20.1 Å². The highest BCUT2D eigenvalue weighted by Crippen LogP contribution is 2.37. The van der Waals surface area contributed by atoms with E-state index in [0.29, 0.717) is 5.56 Å². The number of hydrazine groups is 1. The summed E-state index contributed by atoms with van der Waals surface area (Å²) in [6, 6.07) is 22.1. The molecule has 3 N–H and O–H groups in total. The van der Waals surface area contributed by atoms with Gasteiger partial charge in [-0.25, -0.2) is 19.4 Å². The number of carbonyl (C=O) groups excluding carboxylic acids is 3. The number of rotatable bonds is 8. The number of aromatic nitrogens is 1. The number of amides is 4. The molecule has 0 saturated carbocycles. The molecule has 2 atom stereocenters. The molecule has 14 heteroatoms. The van der Waals surface area contributed by atoms with Crippen LogP contribution in [0.25, 0.3) is 10.9 Å². The molecule has 46 heavy (non-hydrogen) atoms. The molecule has 4 aromatic rings. The Kier molecular flexibility index (Phi) is 8.58. The zero-order chi connectivity index (χ0) is 32.6. The van der Waals surface area contributed by atoms with Crippen LogP contribution in [0.1, 0.15) is 16.7 Å². The number of phosphoric ester groups is 1. The van der Waals surface area contributed by atoms with Gasteiger partial charge in [0.15, 0.2) is 0 Å². The first-order chi connectivity index (χ1) is 22.0. The van der Waals surface area contributed by atoms with Crippen molar-refractivity contribution < 1.29 is 33.3 Å². The minimum atomic E-state index is -4.74. The number of urea groups is 1. The van der Waals surface area contributed by atoms with Gasteiger partial charge in [-0.2, -0.15) is 0 Å². The maximum atomic E-state index is 14.3. The van der Waals surface area contributed by atoms with Crippen LogP contribution in [0.15, 0.2) is 85.1 Å². The van der Waals surface area contributed by atoms with Crippen LogP contribution in [0.2, 0.25) is 0 Å². The number of phosphoric acid groups is 1. The lowest BCUT2D eigenvalue weighted by Gasteiger charge is -2.54. The van der Waals surface area contributed by atoms with E-state index < -0.39 is 26.1 Å². The maximum Gasteiger partial charge on any atom is 0.524 e. The Morgan fingerprint density at radius 1 is 0.957 bits per heavy atom. The predicted molar refractivity (Wildman–Crippen MR) is 169 cm³/mol. The number of hydrogen-bond donors (Lipinski definition) is 3. The fraction of sp³-hybridized carbons (Fsp3) is 0.281. The third-order valence-corrected chi connectivity index (χ3v) is 8.80. The molecule has 2 saturated heterocycles. The van der Waals surface area contributed by atoms with Gasteiger partial charge in [0.2, 0.25) is 11.8 Å². The van der Waals surface area contributed by atoms with Crippen LogP contribution in [0, 0.1) is 0 Å². The summed E-state index contributed by atoms with van der Waals surface area (Å²) in [6.07, 6.45) is 1.30. The van der Waals surface area contributed by atoms with E-state index in [1.165, 1.54) is 22.0 Å². The summed E-state index contributed by atoms with van der Waals surface area (Å²) in [6.45, 7) is 0.549. The lowest BCUT2D eigenvalue weighted by atomic mass is 9.98. The topological polar surface area (TPSA) is 148 Å². The van der Waals surface area contributed by atoms with Crippen molar-refractivity contribution in [1.29, 1.82) is 0 Å². The van der Waals surface area contributed by atoms with Crippen molar-refractivity contribution in [1.82, 2.24) is 29.7 Å². The van der Waals surface area contributed by atoms with E-state index in [0.717, 1.165) is 22.0 Å². The second-order valence-corrected chi connectivity index (χ2v) is 12.7. The molecule has 0 bridgehead atoms. The van der Waals surface area contributed by atoms with Gasteiger partial charge in [-0.05, 0) is 40.3 Å². The van der Waals surface area contributed by atoms with Crippen LogP contribution in [-0.2, 0) is 40.7 Å². The molecule has 13 nitrogen and oxygen atoms in total. The van der Waals surface area contributed by atoms with Crippen molar-refractivity contribution >= 4 is 36.6 Å². The van der Waals surface area contributed by atoms with Crippen molar-refractivity contribution in [3.8, 4) is 5.75 Å². The van der Waals surface area contributed by atoms with E-state index in [1.807, 2.05) is 72.4 Å². The highest BCUT2D eigenvalue weighted by Gasteiger charge is 2.50. The van der Waals surface area contributed by atoms with Crippen LogP contribution in [0.3, 0.4) is 0 Å². The van der Waals surface area contributed by atoms with Crippen LogP contribution >= 0.6 is 7.82 Å². The van der Waals surface area contributed by atoms with E-state index >= 15 is 0 Å².